The molecule has 1 N–H and O–H groups in total. The number of nitrogens with zero attached hydrogens (tertiary/aromatic N) is 3. The van der Waals surface area contributed by atoms with E-state index in [1.165, 1.54) is 11.3 Å². The number of carboxylic acids is 1. The minimum Gasteiger partial charge on any atom is -0.480 e. The molecule has 0 aliphatic carbocycles. The van der Waals surface area contributed by atoms with Crippen molar-refractivity contribution in [2.75, 3.05) is 0 Å². The molecule has 0 fully saturated rings. The van der Waals surface area contributed by atoms with E-state index in [0.717, 1.165) is 25.9 Å². The molecule has 3 aromatic rings. The fourth-order valence-electron chi connectivity index (χ4n) is 3.41. The van der Waals surface area contributed by atoms with Crippen LogP contribution in [0.2, 0.25) is 0 Å². The molecule has 0 saturated carbocycles. The minimum absolute atomic E-state index is 0.112. The molecule has 4 rings (SSSR count). The number of carboxylic acid groups (broad SMARTS) is 1. The molecular weight excluding hydrogens is 398 g/mol. The molecule has 0 bridgehead atoms. The lowest BCUT2D eigenvalue weighted by Crippen LogP contribution is -2.40. The van der Waals surface area contributed by atoms with E-state index in [9.17, 15) is 18.3 Å². The summed E-state index contributed by atoms with van der Waals surface area (Å²) < 4.78 is 28.5. The van der Waals surface area contributed by atoms with Crippen LogP contribution in [0.5, 0.6) is 0 Å². The number of thiophene rings is 1. The quantitative estimate of drug-likeness (QED) is 0.688. The van der Waals surface area contributed by atoms with E-state index >= 15 is 0 Å². The zero-order valence-corrected chi connectivity index (χ0v) is 17.0. The first-order valence-corrected chi connectivity index (χ1v) is 11.0. The van der Waals surface area contributed by atoms with Crippen molar-refractivity contribution in [2.24, 2.45) is 7.05 Å². The fraction of sp³-hybridized carbons (Fsp3) is 0.263. The zero-order chi connectivity index (χ0) is 20.1. The molecule has 0 saturated heterocycles. The molecule has 1 aliphatic rings. The second-order valence-electron chi connectivity index (χ2n) is 6.69. The van der Waals surface area contributed by atoms with Gasteiger partial charge in [0.05, 0.1) is 17.6 Å². The molecule has 1 unspecified atom stereocenters. The summed E-state index contributed by atoms with van der Waals surface area (Å²) in [5.74, 6) is -1.12. The van der Waals surface area contributed by atoms with Gasteiger partial charge in [-0.25, -0.2) is 8.42 Å². The van der Waals surface area contributed by atoms with Crippen LogP contribution in [0.25, 0.3) is 21.6 Å². The predicted molar refractivity (Wildman–Crippen MR) is 106 cm³/mol. The SMILES string of the molecule is CCC(C(=O)O)N1Cc2sc(-c3ccc(-c4cnn(C)c4)cc3)cc2S1(=O)=O. The highest BCUT2D eigenvalue weighted by Crippen LogP contribution is 2.42. The standard InChI is InChI=1S/C19H19N3O4S2/c1-3-15(19(23)24)22-11-17-18(28(22,25)26)8-16(27-17)13-6-4-12(5-7-13)14-9-20-21(2)10-14/h4-10,15H,3,11H2,1-2H3,(H,23,24). The predicted octanol–water partition coefficient (Wildman–Crippen LogP) is 3.18. The van der Waals surface area contributed by atoms with Gasteiger partial charge < -0.3 is 5.11 Å². The first-order chi connectivity index (χ1) is 13.3. The number of hydrogen-bond acceptors (Lipinski definition) is 5. The van der Waals surface area contributed by atoms with Crippen LogP contribution in [0.15, 0.2) is 47.6 Å². The van der Waals surface area contributed by atoms with Gasteiger partial charge in [0, 0.05) is 28.6 Å². The van der Waals surface area contributed by atoms with E-state index in [1.54, 1.807) is 23.9 Å². The molecule has 1 atom stereocenters. The molecule has 1 aromatic carbocycles. The lowest BCUT2D eigenvalue weighted by Gasteiger charge is -2.21. The summed E-state index contributed by atoms with van der Waals surface area (Å²) in [6.45, 7) is 1.79. The maximum absolute atomic E-state index is 12.8. The van der Waals surface area contributed by atoms with Crippen molar-refractivity contribution in [1.29, 1.82) is 0 Å². The Morgan fingerprint density at radius 2 is 1.93 bits per heavy atom. The highest BCUT2D eigenvalue weighted by molar-refractivity contribution is 7.89. The molecule has 146 valence electrons. The van der Waals surface area contributed by atoms with E-state index < -0.39 is 22.0 Å². The number of benzene rings is 1. The van der Waals surface area contributed by atoms with Gasteiger partial charge in [-0.1, -0.05) is 31.2 Å². The molecule has 0 amide bonds. The summed E-state index contributed by atoms with van der Waals surface area (Å²) in [6.07, 6.45) is 3.96. The highest BCUT2D eigenvalue weighted by Gasteiger charge is 2.42. The van der Waals surface area contributed by atoms with Crippen molar-refractivity contribution in [3.8, 4) is 21.6 Å². The van der Waals surface area contributed by atoms with E-state index in [1.807, 2.05) is 37.5 Å². The third-order valence-corrected chi connectivity index (χ3v) is 8.10. The Morgan fingerprint density at radius 1 is 1.25 bits per heavy atom. The van der Waals surface area contributed by atoms with Crippen LogP contribution in [-0.4, -0.2) is 39.6 Å². The van der Waals surface area contributed by atoms with Crippen LogP contribution in [-0.2, 0) is 28.4 Å². The Kier molecular flexibility index (Phi) is 4.60. The van der Waals surface area contributed by atoms with Gasteiger partial charge in [-0.3, -0.25) is 9.48 Å². The average Bonchev–Trinajstić information content (AvgIpc) is 3.33. The van der Waals surface area contributed by atoms with Gasteiger partial charge in [-0.15, -0.1) is 11.3 Å². The van der Waals surface area contributed by atoms with Gasteiger partial charge in [0.1, 0.15) is 6.04 Å². The lowest BCUT2D eigenvalue weighted by atomic mass is 10.1. The van der Waals surface area contributed by atoms with Crippen LogP contribution in [0.3, 0.4) is 0 Å². The summed E-state index contributed by atoms with van der Waals surface area (Å²) in [6, 6.07) is 8.50. The maximum atomic E-state index is 12.8. The third-order valence-electron chi connectivity index (χ3n) is 4.88. The summed E-state index contributed by atoms with van der Waals surface area (Å²) in [5, 5.41) is 13.5. The van der Waals surface area contributed by atoms with Crippen LogP contribution in [0.4, 0.5) is 0 Å². The molecule has 3 heterocycles. The zero-order valence-electron chi connectivity index (χ0n) is 15.4. The molecule has 7 nitrogen and oxygen atoms in total. The van der Waals surface area contributed by atoms with Gasteiger partial charge in [0.2, 0.25) is 10.0 Å². The van der Waals surface area contributed by atoms with Crippen molar-refractivity contribution in [3.63, 3.8) is 0 Å². The molecule has 2 aromatic heterocycles. The highest BCUT2D eigenvalue weighted by atomic mass is 32.2. The second kappa shape index (κ2) is 6.84. The molecular formula is C19H19N3O4S2. The molecule has 9 heteroatoms. The molecule has 28 heavy (non-hydrogen) atoms. The van der Waals surface area contributed by atoms with Gasteiger partial charge in [0.25, 0.3) is 0 Å². The summed E-state index contributed by atoms with van der Waals surface area (Å²) >= 11 is 1.40. The topological polar surface area (TPSA) is 92.5 Å². The largest absolute Gasteiger partial charge is 0.480 e. The van der Waals surface area contributed by atoms with Crippen LogP contribution >= 0.6 is 11.3 Å². The monoisotopic (exact) mass is 417 g/mol. The van der Waals surface area contributed by atoms with E-state index in [4.69, 9.17) is 0 Å². The Morgan fingerprint density at radius 3 is 2.46 bits per heavy atom. The average molecular weight is 418 g/mol. The van der Waals surface area contributed by atoms with Crippen molar-refractivity contribution >= 4 is 27.3 Å². The molecule has 0 spiro atoms. The van der Waals surface area contributed by atoms with Crippen molar-refractivity contribution in [2.45, 2.75) is 30.8 Å². The first-order valence-electron chi connectivity index (χ1n) is 8.78. The van der Waals surface area contributed by atoms with E-state index in [2.05, 4.69) is 5.10 Å². The van der Waals surface area contributed by atoms with Gasteiger partial charge in [-0.05, 0) is 23.6 Å². The Bertz CT molecular complexity index is 1150. The van der Waals surface area contributed by atoms with Crippen LogP contribution < -0.4 is 0 Å². The first kappa shape index (κ1) is 18.9. The Hall–Kier alpha value is -2.49. The summed E-state index contributed by atoms with van der Waals surface area (Å²) in [7, 11) is -1.92. The number of aromatic nitrogens is 2. The van der Waals surface area contributed by atoms with Crippen molar-refractivity contribution in [3.05, 3.63) is 47.6 Å². The van der Waals surface area contributed by atoms with Gasteiger partial charge in [-0.2, -0.15) is 9.40 Å². The van der Waals surface area contributed by atoms with Crippen LogP contribution in [0, 0.1) is 0 Å². The van der Waals surface area contributed by atoms with E-state index in [0.29, 0.717) is 4.88 Å². The number of carbonyl (C=O) groups is 1. The third kappa shape index (κ3) is 3.05. The van der Waals surface area contributed by atoms with Crippen LogP contribution in [0.1, 0.15) is 18.2 Å². The summed E-state index contributed by atoms with van der Waals surface area (Å²) in [4.78, 5) is 13.2. The van der Waals surface area contributed by atoms with Gasteiger partial charge in [0.15, 0.2) is 0 Å². The maximum Gasteiger partial charge on any atom is 0.322 e. The number of rotatable bonds is 5. The Balaban J connectivity index is 1.63. The van der Waals surface area contributed by atoms with Crippen molar-refractivity contribution in [1.82, 2.24) is 14.1 Å². The number of hydrogen-bond donors (Lipinski definition) is 1. The number of aryl methyl sites for hydroxylation is 1. The minimum atomic E-state index is -3.79. The molecule has 0 radical (unpaired) electrons. The Labute approximate surface area is 166 Å². The normalized spacial score (nSPS) is 16.8. The molecule has 1 aliphatic heterocycles. The fourth-order valence-corrected chi connectivity index (χ4v) is 6.81. The number of aliphatic carboxylic acids is 1. The lowest BCUT2D eigenvalue weighted by molar-refractivity contribution is -0.141. The van der Waals surface area contributed by atoms with Crippen molar-refractivity contribution < 1.29 is 18.3 Å². The smallest absolute Gasteiger partial charge is 0.322 e. The van der Waals surface area contributed by atoms with E-state index in [-0.39, 0.29) is 17.9 Å². The second-order valence-corrected chi connectivity index (χ2v) is 9.69. The van der Waals surface area contributed by atoms with Gasteiger partial charge >= 0.3 is 5.97 Å². The number of fused-ring (bicyclic) bond motifs is 1. The summed E-state index contributed by atoms with van der Waals surface area (Å²) in [5.41, 5.74) is 2.98. The number of sulfonamides is 1.